The van der Waals surface area contributed by atoms with E-state index in [1.165, 1.54) is 12.4 Å². The third kappa shape index (κ3) is 3.81. The zero-order chi connectivity index (χ0) is 16.2. The fourth-order valence-corrected chi connectivity index (χ4v) is 2.12. The molecule has 0 saturated carbocycles. The third-order valence-corrected chi connectivity index (χ3v) is 3.19. The molecule has 1 aromatic carbocycles. The first kappa shape index (κ1) is 15.4. The highest BCUT2D eigenvalue weighted by molar-refractivity contribution is 6.28. The normalized spacial score (nSPS) is 11.0. The van der Waals surface area contributed by atoms with Crippen LogP contribution in [0.1, 0.15) is 0 Å². The fraction of sp³-hybridized carbons (Fsp3) is 0.133. The average Bonchev–Trinajstić information content (AvgIpc) is 2.55. The summed E-state index contributed by atoms with van der Waals surface area (Å²) in [5, 5.41) is 4.86. The van der Waals surface area contributed by atoms with Crippen LogP contribution in [-0.4, -0.2) is 28.0 Å². The maximum absolute atomic E-state index is 12.2. The summed E-state index contributed by atoms with van der Waals surface area (Å²) in [5.74, 6) is 0.971. The van der Waals surface area contributed by atoms with E-state index in [0.29, 0.717) is 17.3 Å². The standard InChI is InChI=1S/C15H11ClF2N4O/c16-15-20-6-10(7-21-15)22-14-12-2-1-11(23-8-13(17)18)5-9(12)3-4-19-14/h1-7,13H,8H2,(H,19,22). The van der Waals surface area contributed by atoms with E-state index in [2.05, 4.69) is 20.3 Å². The maximum atomic E-state index is 12.2. The van der Waals surface area contributed by atoms with Crippen molar-refractivity contribution >= 4 is 33.9 Å². The van der Waals surface area contributed by atoms with Crippen molar-refractivity contribution in [1.82, 2.24) is 15.0 Å². The molecule has 1 N–H and O–H groups in total. The van der Waals surface area contributed by atoms with Crippen molar-refractivity contribution in [1.29, 1.82) is 0 Å². The van der Waals surface area contributed by atoms with Gasteiger partial charge in [-0.15, -0.1) is 0 Å². The Bertz CT molecular complexity index is 814. The van der Waals surface area contributed by atoms with Crippen LogP contribution in [0.2, 0.25) is 5.28 Å². The molecule has 3 rings (SSSR count). The number of nitrogens with zero attached hydrogens (tertiary/aromatic N) is 3. The van der Waals surface area contributed by atoms with E-state index < -0.39 is 13.0 Å². The molecule has 0 saturated heterocycles. The Balaban J connectivity index is 1.87. The number of pyridine rings is 1. The lowest BCUT2D eigenvalue weighted by molar-refractivity contribution is 0.0820. The molecule has 23 heavy (non-hydrogen) atoms. The number of nitrogens with one attached hydrogen (secondary N) is 1. The van der Waals surface area contributed by atoms with Crippen LogP contribution in [-0.2, 0) is 0 Å². The van der Waals surface area contributed by atoms with Crippen LogP contribution in [0.5, 0.6) is 5.75 Å². The Hall–Kier alpha value is -2.54. The van der Waals surface area contributed by atoms with Gasteiger partial charge in [-0.05, 0) is 41.3 Å². The fourth-order valence-electron chi connectivity index (χ4n) is 2.02. The van der Waals surface area contributed by atoms with Gasteiger partial charge in [-0.3, -0.25) is 0 Å². The molecule has 8 heteroatoms. The van der Waals surface area contributed by atoms with Crippen LogP contribution in [0.25, 0.3) is 10.8 Å². The van der Waals surface area contributed by atoms with Crippen molar-refractivity contribution < 1.29 is 13.5 Å². The minimum Gasteiger partial charge on any atom is -0.488 e. The van der Waals surface area contributed by atoms with E-state index >= 15 is 0 Å². The average molecular weight is 337 g/mol. The largest absolute Gasteiger partial charge is 0.488 e. The lowest BCUT2D eigenvalue weighted by Crippen LogP contribution is -2.06. The molecule has 0 unspecified atom stereocenters. The molecule has 5 nitrogen and oxygen atoms in total. The lowest BCUT2D eigenvalue weighted by Gasteiger charge is -2.10. The molecular weight excluding hydrogens is 326 g/mol. The number of alkyl halides is 2. The first-order valence-electron chi connectivity index (χ1n) is 6.66. The number of hydrogen-bond donors (Lipinski definition) is 1. The van der Waals surface area contributed by atoms with Gasteiger partial charge in [-0.25, -0.2) is 23.7 Å². The number of ether oxygens (including phenoxy) is 1. The number of fused-ring (bicyclic) bond motifs is 1. The Morgan fingerprint density at radius 2 is 1.91 bits per heavy atom. The summed E-state index contributed by atoms with van der Waals surface area (Å²) < 4.78 is 29.4. The minimum atomic E-state index is -2.51. The van der Waals surface area contributed by atoms with Gasteiger partial charge in [0, 0.05) is 11.6 Å². The van der Waals surface area contributed by atoms with E-state index in [-0.39, 0.29) is 5.28 Å². The van der Waals surface area contributed by atoms with Gasteiger partial charge in [0.15, 0.2) is 0 Å². The van der Waals surface area contributed by atoms with Crippen molar-refractivity contribution in [2.24, 2.45) is 0 Å². The zero-order valence-corrected chi connectivity index (χ0v) is 12.5. The van der Waals surface area contributed by atoms with E-state index in [4.69, 9.17) is 16.3 Å². The van der Waals surface area contributed by atoms with Crippen molar-refractivity contribution in [2.45, 2.75) is 6.43 Å². The van der Waals surface area contributed by atoms with Crippen LogP contribution < -0.4 is 10.1 Å². The molecule has 0 aliphatic heterocycles. The van der Waals surface area contributed by atoms with Crippen LogP contribution in [0.15, 0.2) is 42.9 Å². The molecule has 0 spiro atoms. The highest BCUT2D eigenvalue weighted by Crippen LogP contribution is 2.27. The number of benzene rings is 1. The molecular formula is C15H11ClF2N4O. The number of halogens is 3. The monoisotopic (exact) mass is 336 g/mol. The smallest absolute Gasteiger partial charge is 0.272 e. The lowest BCUT2D eigenvalue weighted by atomic mass is 10.1. The number of anilines is 2. The molecule has 118 valence electrons. The Morgan fingerprint density at radius 3 is 2.65 bits per heavy atom. The topological polar surface area (TPSA) is 59.9 Å². The van der Waals surface area contributed by atoms with Gasteiger partial charge < -0.3 is 10.1 Å². The van der Waals surface area contributed by atoms with Crippen LogP contribution in [0, 0.1) is 0 Å². The Kier molecular flexibility index (Phi) is 4.47. The van der Waals surface area contributed by atoms with E-state index in [0.717, 1.165) is 10.8 Å². The van der Waals surface area contributed by atoms with Gasteiger partial charge in [0.1, 0.15) is 18.2 Å². The zero-order valence-electron chi connectivity index (χ0n) is 11.7. The molecule has 0 aliphatic carbocycles. The summed E-state index contributed by atoms with van der Waals surface area (Å²) >= 11 is 5.65. The quantitative estimate of drug-likeness (QED) is 0.712. The van der Waals surface area contributed by atoms with Crippen molar-refractivity contribution in [2.75, 3.05) is 11.9 Å². The Labute approximate surface area is 135 Å². The predicted octanol–water partition coefficient (Wildman–Crippen LogP) is 4.07. The third-order valence-electron chi connectivity index (χ3n) is 2.99. The summed E-state index contributed by atoms with van der Waals surface area (Å²) in [7, 11) is 0. The van der Waals surface area contributed by atoms with Crippen molar-refractivity contribution in [3.63, 3.8) is 0 Å². The molecule has 0 radical (unpaired) electrons. The van der Waals surface area contributed by atoms with E-state index in [1.807, 2.05) is 0 Å². The van der Waals surface area contributed by atoms with Gasteiger partial charge in [-0.1, -0.05) is 0 Å². The maximum Gasteiger partial charge on any atom is 0.272 e. The minimum absolute atomic E-state index is 0.155. The first-order chi connectivity index (χ1) is 11.1. The summed E-state index contributed by atoms with van der Waals surface area (Å²) in [6.45, 7) is -0.635. The second-order valence-electron chi connectivity index (χ2n) is 4.61. The molecule has 0 aliphatic rings. The number of rotatable bonds is 5. The van der Waals surface area contributed by atoms with Gasteiger partial charge >= 0.3 is 0 Å². The number of aromatic nitrogens is 3. The summed E-state index contributed by atoms with van der Waals surface area (Å²) in [4.78, 5) is 12.0. The van der Waals surface area contributed by atoms with E-state index in [9.17, 15) is 8.78 Å². The molecule has 2 heterocycles. The number of hydrogen-bond acceptors (Lipinski definition) is 5. The molecule has 0 bridgehead atoms. The summed E-state index contributed by atoms with van der Waals surface area (Å²) in [6, 6.07) is 6.83. The second kappa shape index (κ2) is 6.70. The summed E-state index contributed by atoms with van der Waals surface area (Å²) in [6.07, 6.45) is 2.18. The Morgan fingerprint density at radius 1 is 1.13 bits per heavy atom. The second-order valence-corrected chi connectivity index (χ2v) is 4.95. The highest BCUT2D eigenvalue weighted by Gasteiger charge is 2.07. The van der Waals surface area contributed by atoms with Crippen LogP contribution >= 0.6 is 11.6 Å². The van der Waals surface area contributed by atoms with E-state index in [1.54, 1.807) is 30.5 Å². The van der Waals surface area contributed by atoms with Gasteiger partial charge in [0.05, 0.1) is 18.1 Å². The highest BCUT2D eigenvalue weighted by atomic mass is 35.5. The van der Waals surface area contributed by atoms with Crippen LogP contribution in [0.3, 0.4) is 0 Å². The SMILES string of the molecule is FC(F)COc1ccc2c(Nc3cnc(Cl)nc3)nccc2c1. The molecule has 2 aromatic heterocycles. The van der Waals surface area contributed by atoms with Gasteiger partial charge in [-0.2, -0.15) is 0 Å². The molecule has 0 amide bonds. The van der Waals surface area contributed by atoms with Gasteiger partial charge in [0.2, 0.25) is 5.28 Å². The molecule has 0 atom stereocenters. The van der Waals surface area contributed by atoms with Crippen molar-refractivity contribution in [3.8, 4) is 5.75 Å². The summed E-state index contributed by atoms with van der Waals surface area (Å²) in [5.41, 5.74) is 0.632. The molecule has 0 fully saturated rings. The molecule has 3 aromatic rings. The van der Waals surface area contributed by atoms with Crippen LogP contribution in [0.4, 0.5) is 20.3 Å². The predicted molar refractivity (Wildman–Crippen MR) is 83.6 cm³/mol. The van der Waals surface area contributed by atoms with Gasteiger partial charge in [0.25, 0.3) is 6.43 Å². The first-order valence-corrected chi connectivity index (χ1v) is 7.04. The van der Waals surface area contributed by atoms with Crippen molar-refractivity contribution in [3.05, 3.63) is 48.1 Å².